The molecule has 2 heterocycles. The van der Waals surface area contributed by atoms with Gasteiger partial charge >= 0.3 is 0 Å². The lowest BCUT2D eigenvalue weighted by Crippen LogP contribution is -2.45. The van der Waals surface area contributed by atoms with E-state index in [-0.39, 0.29) is 5.43 Å². The van der Waals surface area contributed by atoms with Crippen molar-refractivity contribution >= 4 is 21.8 Å². The minimum absolute atomic E-state index is 0.0919. The zero-order chi connectivity index (χ0) is 18.6. The fraction of sp³-hybridized carbons (Fsp3) is 0.350. The topological polar surface area (TPSA) is 80.9 Å². The van der Waals surface area contributed by atoms with Crippen molar-refractivity contribution in [3.63, 3.8) is 0 Å². The molecule has 0 aliphatic carbocycles. The minimum Gasteiger partial charge on any atom is -0.496 e. The van der Waals surface area contributed by atoms with Gasteiger partial charge in [0.25, 0.3) is 0 Å². The first-order valence-electron chi connectivity index (χ1n) is 8.50. The molecule has 0 bridgehead atoms. The molecule has 2 N–H and O–H groups in total. The summed E-state index contributed by atoms with van der Waals surface area (Å²) in [4.78, 5) is 13.1. The van der Waals surface area contributed by atoms with E-state index in [4.69, 9.17) is 9.47 Å². The average Bonchev–Trinajstić information content (AvgIpc) is 3.09. The number of pyridine rings is 1. The number of fused-ring (bicyclic) bond motifs is 4. The Kier molecular flexibility index (Phi) is 3.71. The van der Waals surface area contributed by atoms with Crippen molar-refractivity contribution in [2.24, 2.45) is 7.05 Å². The second-order valence-electron chi connectivity index (χ2n) is 7.01. The highest BCUT2D eigenvalue weighted by Crippen LogP contribution is 2.42. The van der Waals surface area contributed by atoms with Crippen LogP contribution in [0.4, 0.5) is 0 Å². The highest BCUT2D eigenvalue weighted by Gasteiger charge is 2.40. The SMILES string of the molecule is COc1cc2c(c3c1c(=O)c1ccccc1n3C)C[C@H]([C@@](C)(O)CO)O2. The van der Waals surface area contributed by atoms with Crippen molar-refractivity contribution in [3.8, 4) is 11.5 Å². The standard InChI is InChI=1S/C20H21NO5/c1-20(24,10-22)16-8-12-14(26-16)9-15(25-3)17-18(12)21(2)13-7-5-4-6-11(13)19(17)23/h4-7,9,16,22,24H,8,10H2,1-3H3/t16-,20+/m1/s1. The summed E-state index contributed by atoms with van der Waals surface area (Å²) in [5.41, 5.74) is 0.918. The van der Waals surface area contributed by atoms with Gasteiger partial charge in [-0.05, 0) is 19.1 Å². The number of para-hydroxylation sites is 1. The number of aromatic nitrogens is 1. The van der Waals surface area contributed by atoms with Gasteiger partial charge in [-0.2, -0.15) is 0 Å². The van der Waals surface area contributed by atoms with Crippen molar-refractivity contribution < 1.29 is 19.7 Å². The van der Waals surface area contributed by atoms with E-state index < -0.39 is 18.3 Å². The molecule has 0 fully saturated rings. The van der Waals surface area contributed by atoms with Crippen LogP contribution in [0.5, 0.6) is 11.5 Å². The lowest BCUT2D eigenvalue weighted by Gasteiger charge is -2.26. The molecule has 6 heteroatoms. The maximum absolute atomic E-state index is 13.1. The summed E-state index contributed by atoms with van der Waals surface area (Å²) in [6.07, 6.45) is -0.200. The monoisotopic (exact) mass is 355 g/mol. The van der Waals surface area contributed by atoms with Crippen molar-refractivity contribution in [1.29, 1.82) is 0 Å². The van der Waals surface area contributed by atoms with Crippen molar-refractivity contribution in [1.82, 2.24) is 4.57 Å². The molecule has 1 aliphatic heterocycles. The fourth-order valence-corrected chi connectivity index (χ4v) is 3.76. The van der Waals surface area contributed by atoms with Gasteiger partial charge in [-0.25, -0.2) is 0 Å². The molecule has 2 atom stereocenters. The van der Waals surface area contributed by atoms with E-state index in [2.05, 4.69) is 0 Å². The largest absolute Gasteiger partial charge is 0.496 e. The van der Waals surface area contributed by atoms with E-state index in [1.54, 1.807) is 12.1 Å². The Labute approximate surface area is 150 Å². The van der Waals surface area contributed by atoms with Crippen molar-refractivity contribution in [2.45, 2.75) is 25.0 Å². The van der Waals surface area contributed by atoms with Gasteiger partial charge in [0, 0.05) is 30.5 Å². The number of nitrogens with zero attached hydrogens (tertiary/aromatic N) is 1. The summed E-state index contributed by atoms with van der Waals surface area (Å²) in [6, 6.07) is 9.14. The second kappa shape index (κ2) is 5.72. The summed E-state index contributed by atoms with van der Waals surface area (Å²) in [5.74, 6) is 1.01. The zero-order valence-corrected chi connectivity index (χ0v) is 14.9. The molecular weight excluding hydrogens is 334 g/mol. The molecule has 1 aliphatic rings. The predicted octanol–water partition coefficient (Wildman–Crippen LogP) is 1.75. The maximum Gasteiger partial charge on any atom is 0.200 e. The highest BCUT2D eigenvalue weighted by atomic mass is 16.5. The Morgan fingerprint density at radius 1 is 1.38 bits per heavy atom. The smallest absolute Gasteiger partial charge is 0.200 e. The molecule has 1 aromatic heterocycles. The van der Waals surface area contributed by atoms with Gasteiger partial charge in [0.2, 0.25) is 5.43 Å². The van der Waals surface area contributed by atoms with Crippen LogP contribution in [0.1, 0.15) is 12.5 Å². The van der Waals surface area contributed by atoms with Crippen LogP contribution in [0.15, 0.2) is 35.1 Å². The fourth-order valence-electron chi connectivity index (χ4n) is 3.76. The molecule has 0 unspecified atom stereocenters. The first-order valence-corrected chi connectivity index (χ1v) is 8.50. The van der Waals surface area contributed by atoms with E-state index in [0.717, 1.165) is 16.6 Å². The number of aryl methyl sites for hydroxylation is 1. The van der Waals surface area contributed by atoms with Crippen LogP contribution in [0, 0.1) is 0 Å². The normalized spacial score (nSPS) is 18.6. The molecule has 0 radical (unpaired) electrons. The molecule has 4 rings (SSSR count). The summed E-state index contributed by atoms with van der Waals surface area (Å²) in [7, 11) is 3.42. The summed E-state index contributed by atoms with van der Waals surface area (Å²) >= 11 is 0. The van der Waals surface area contributed by atoms with Crippen LogP contribution in [0.3, 0.4) is 0 Å². The molecule has 6 nitrogen and oxygen atoms in total. The molecule has 0 amide bonds. The molecule has 0 saturated carbocycles. The van der Waals surface area contributed by atoms with Crippen LogP contribution in [0.25, 0.3) is 21.8 Å². The van der Waals surface area contributed by atoms with Crippen LogP contribution >= 0.6 is 0 Å². The van der Waals surface area contributed by atoms with Gasteiger partial charge in [-0.3, -0.25) is 4.79 Å². The van der Waals surface area contributed by atoms with Gasteiger partial charge in [0.05, 0.1) is 30.1 Å². The van der Waals surface area contributed by atoms with Crippen LogP contribution < -0.4 is 14.9 Å². The lowest BCUT2D eigenvalue weighted by molar-refractivity contribution is -0.0729. The first-order chi connectivity index (χ1) is 12.4. The van der Waals surface area contributed by atoms with E-state index in [1.807, 2.05) is 29.8 Å². The Morgan fingerprint density at radius 2 is 2.12 bits per heavy atom. The predicted molar refractivity (Wildman–Crippen MR) is 99.1 cm³/mol. The van der Waals surface area contributed by atoms with Gasteiger partial charge in [-0.15, -0.1) is 0 Å². The van der Waals surface area contributed by atoms with Gasteiger partial charge in [0.1, 0.15) is 23.2 Å². The van der Waals surface area contributed by atoms with E-state index in [0.29, 0.717) is 28.7 Å². The van der Waals surface area contributed by atoms with Crippen LogP contribution in [-0.4, -0.2) is 40.2 Å². The molecule has 3 aromatic rings. The Bertz CT molecular complexity index is 1080. The van der Waals surface area contributed by atoms with Crippen LogP contribution in [0.2, 0.25) is 0 Å². The van der Waals surface area contributed by atoms with Crippen LogP contribution in [-0.2, 0) is 13.5 Å². The summed E-state index contributed by atoms with van der Waals surface area (Å²) in [6.45, 7) is 1.12. The third-order valence-corrected chi connectivity index (χ3v) is 5.29. The molecule has 136 valence electrons. The molecule has 0 saturated heterocycles. The number of aliphatic hydroxyl groups excluding tert-OH is 1. The number of hydrogen-bond acceptors (Lipinski definition) is 5. The van der Waals surface area contributed by atoms with Gasteiger partial charge in [-0.1, -0.05) is 12.1 Å². The minimum atomic E-state index is -1.38. The van der Waals surface area contributed by atoms with Gasteiger partial charge < -0.3 is 24.3 Å². The van der Waals surface area contributed by atoms with Gasteiger partial charge in [0.15, 0.2) is 0 Å². The third-order valence-electron chi connectivity index (χ3n) is 5.29. The summed E-state index contributed by atoms with van der Waals surface area (Å²) < 4.78 is 13.4. The molecule has 26 heavy (non-hydrogen) atoms. The molecular formula is C20H21NO5. The average molecular weight is 355 g/mol. The Hall–Kier alpha value is -2.57. The van der Waals surface area contributed by atoms with E-state index in [9.17, 15) is 15.0 Å². The lowest BCUT2D eigenvalue weighted by atomic mass is 9.94. The third kappa shape index (κ3) is 2.22. The molecule has 2 aromatic carbocycles. The quantitative estimate of drug-likeness (QED) is 0.700. The maximum atomic E-state index is 13.1. The zero-order valence-electron chi connectivity index (χ0n) is 14.9. The van der Waals surface area contributed by atoms with E-state index >= 15 is 0 Å². The Balaban J connectivity index is 2.09. The number of aliphatic hydroxyl groups is 2. The highest BCUT2D eigenvalue weighted by molar-refractivity contribution is 5.99. The summed E-state index contributed by atoms with van der Waals surface area (Å²) in [5, 5.41) is 21.0. The number of benzene rings is 2. The van der Waals surface area contributed by atoms with Crippen molar-refractivity contribution in [2.75, 3.05) is 13.7 Å². The first kappa shape index (κ1) is 16.9. The second-order valence-corrected chi connectivity index (χ2v) is 7.01. The number of ether oxygens (including phenoxy) is 2. The number of rotatable bonds is 3. The molecule has 0 spiro atoms. The number of methoxy groups -OCH3 is 1. The van der Waals surface area contributed by atoms with E-state index in [1.165, 1.54) is 14.0 Å². The van der Waals surface area contributed by atoms with Crippen molar-refractivity contribution in [3.05, 3.63) is 46.1 Å². The number of hydrogen-bond donors (Lipinski definition) is 2. The Morgan fingerprint density at radius 3 is 2.81 bits per heavy atom.